The van der Waals surface area contributed by atoms with Crippen molar-refractivity contribution in [2.24, 2.45) is 0 Å². The fourth-order valence-corrected chi connectivity index (χ4v) is 2.90. The summed E-state index contributed by atoms with van der Waals surface area (Å²) in [5.74, 6) is -0.644. The van der Waals surface area contributed by atoms with Gasteiger partial charge in [0.05, 0.1) is 0 Å². The average molecular weight is 306 g/mol. The second kappa shape index (κ2) is 7.63. The monoisotopic (exact) mass is 306 g/mol. The minimum atomic E-state index is -1.52. The summed E-state index contributed by atoms with van der Waals surface area (Å²) >= 11 is 0. The molecule has 22 heavy (non-hydrogen) atoms. The number of hydrogen-bond donors (Lipinski definition) is 1. The lowest BCUT2D eigenvalue weighted by Gasteiger charge is -2.26. The minimum Gasteiger partial charge on any atom is -0.459 e. The van der Waals surface area contributed by atoms with Crippen molar-refractivity contribution in [2.45, 2.75) is 64.1 Å². The zero-order valence-corrected chi connectivity index (χ0v) is 13.5. The van der Waals surface area contributed by atoms with E-state index >= 15 is 0 Å². The molecule has 122 valence electrons. The molecule has 1 atom stereocenters. The predicted molar refractivity (Wildman–Crippen MR) is 84.8 cm³/mol. The van der Waals surface area contributed by atoms with Crippen molar-refractivity contribution < 1.29 is 19.4 Å². The van der Waals surface area contributed by atoms with E-state index < -0.39 is 5.79 Å². The number of carbonyl (C=O) groups is 1. The molecule has 1 aliphatic rings. The van der Waals surface area contributed by atoms with Crippen molar-refractivity contribution in [2.75, 3.05) is 6.61 Å². The first-order valence-corrected chi connectivity index (χ1v) is 8.18. The third-order valence-corrected chi connectivity index (χ3v) is 4.00. The van der Waals surface area contributed by atoms with E-state index in [9.17, 15) is 9.90 Å². The van der Waals surface area contributed by atoms with Gasteiger partial charge in [-0.15, -0.1) is 0 Å². The molecule has 2 rings (SSSR count). The van der Waals surface area contributed by atoms with Crippen molar-refractivity contribution in [1.82, 2.24) is 0 Å². The first-order valence-electron chi connectivity index (χ1n) is 8.18. The van der Waals surface area contributed by atoms with Crippen LogP contribution in [0.2, 0.25) is 0 Å². The van der Waals surface area contributed by atoms with Gasteiger partial charge in [0, 0.05) is 13.3 Å². The van der Waals surface area contributed by atoms with E-state index in [1.807, 2.05) is 25.1 Å². The van der Waals surface area contributed by atoms with Gasteiger partial charge in [-0.25, -0.2) is 0 Å². The Balaban J connectivity index is 2.01. The Morgan fingerprint density at radius 2 is 2.00 bits per heavy atom. The Labute approximate surface area is 132 Å². The minimum absolute atomic E-state index is 0.162. The molecule has 0 aromatic heterocycles. The summed E-state index contributed by atoms with van der Waals surface area (Å²) in [5, 5.41) is 10.4. The molecule has 0 radical (unpaired) electrons. The second-order valence-corrected chi connectivity index (χ2v) is 6.21. The van der Waals surface area contributed by atoms with E-state index in [1.54, 1.807) is 0 Å². The molecule has 1 aromatic carbocycles. The standard InChI is InChI=1S/C18H26O4/c1-3-8-17(19)21-13-18(2,20)22-16-12-7-6-11-15(16)14-9-4-5-10-14/h6-7,11-12,14,20H,3-5,8-10,13H2,1-2H3/t18-/m1/s1. The molecule has 4 heteroatoms. The molecule has 0 saturated heterocycles. The zero-order chi connectivity index (χ0) is 16.0. The Morgan fingerprint density at radius 3 is 2.68 bits per heavy atom. The molecule has 1 aliphatic carbocycles. The molecule has 0 aliphatic heterocycles. The quantitative estimate of drug-likeness (QED) is 0.615. The van der Waals surface area contributed by atoms with Crippen molar-refractivity contribution in [3.63, 3.8) is 0 Å². The average Bonchev–Trinajstić information content (AvgIpc) is 3.00. The fourth-order valence-electron chi connectivity index (χ4n) is 2.90. The molecule has 0 spiro atoms. The molecular weight excluding hydrogens is 280 g/mol. The van der Waals surface area contributed by atoms with E-state index in [0.29, 0.717) is 18.1 Å². The van der Waals surface area contributed by atoms with Crippen molar-refractivity contribution >= 4 is 5.97 Å². The lowest BCUT2D eigenvalue weighted by molar-refractivity contribution is -0.180. The number of rotatable bonds is 7. The van der Waals surface area contributed by atoms with E-state index in [4.69, 9.17) is 9.47 Å². The molecular formula is C18H26O4. The Kier molecular flexibility index (Phi) is 5.83. The highest BCUT2D eigenvalue weighted by Gasteiger charge is 2.28. The van der Waals surface area contributed by atoms with Gasteiger partial charge in [0.2, 0.25) is 5.79 Å². The number of ether oxygens (including phenoxy) is 2. The lowest BCUT2D eigenvalue weighted by Crippen LogP contribution is -2.38. The van der Waals surface area contributed by atoms with Crippen molar-refractivity contribution in [1.29, 1.82) is 0 Å². The van der Waals surface area contributed by atoms with E-state index in [-0.39, 0.29) is 12.6 Å². The van der Waals surface area contributed by atoms with Gasteiger partial charge in [0.25, 0.3) is 0 Å². The highest BCUT2D eigenvalue weighted by Crippen LogP contribution is 2.39. The smallest absolute Gasteiger partial charge is 0.306 e. The Hall–Kier alpha value is -1.55. The van der Waals surface area contributed by atoms with Crippen LogP contribution in [0.3, 0.4) is 0 Å². The maximum absolute atomic E-state index is 11.4. The van der Waals surface area contributed by atoms with Crippen LogP contribution in [0, 0.1) is 0 Å². The number of para-hydroxylation sites is 1. The summed E-state index contributed by atoms with van der Waals surface area (Å²) in [6, 6.07) is 7.82. The van der Waals surface area contributed by atoms with Crippen molar-refractivity contribution in [3.05, 3.63) is 29.8 Å². The summed E-state index contributed by atoms with van der Waals surface area (Å²) in [7, 11) is 0. The van der Waals surface area contributed by atoms with Gasteiger partial charge >= 0.3 is 5.97 Å². The van der Waals surface area contributed by atoms with Crippen molar-refractivity contribution in [3.8, 4) is 5.75 Å². The highest BCUT2D eigenvalue weighted by molar-refractivity contribution is 5.69. The van der Waals surface area contributed by atoms with Crippen LogP contribution in [0.5, 0.6) is 5.75 Å². The van der Waals surface area contributed by atoms with Gasteiger partial charge in [0.15, 0.2) is 6.61 Å². The van der Waals surface area contributed by atoms with Crippen LogP contribution < -0.4 is 4.74 Å². The molecule has 0 amide bonds. The SMILES string of the molecule is CCCC(=O)OC[C@](C)(O)Oc1ccccc1C1CCCC1. The van der Waals surface area contributed by atoms with Gasteiger partial charge in [0.1, 0.15) is 5.75 Å². The third kappa shape index (κ3) is 4.73. The maximum atomic E-state index is 11.4. The predicted octanol–water partition coefficient (Wildman–Crippen LogP) is 3.77. The largest absolute Gasteiger partial charge is 0.459 e. The van der Waals surface area contributed by atoms with E-state index in [1.165, 1.54) is 19.8 Å². The van der Waals surface area contributed by atoms with Gasteiger partial charge < -0.3 is 14.6 Å². The topological polar surface area (TPSA) is 55.8 Å². The fraction of sp³-hybridized carbons (Fsp3) is 0.611. The highest BCUT2D eigenvalue weighted by atomic mass is 16.7. The first-order chi connectivity index (χ1) is 10.5. The lowest BCUT2D eigenvalue weighted by atomic mass is 9.97. The molecule has 1 aromatic rings. The van der Waals surface area contributed by atoms with E-state index in [0.717, 1.165) is 24.8 Å². The molecule has 0 unspecified atom stereocenters. The zero-order valence-electron chi connectivity index (χ0n) is 13.5. The molecule has 0 heterocycles. The van der Waals surface area contributed by atoms with Gasteiger partial charge in [-0.05, 0) is 36.8 Å². The number of carbonyl (C=O) groups excluding carboxylic acids is 1. The maximum Gasteiger partial charge on any atom is 0.306 e. The van der Waals surface area contributed by atoms with Crippen LogP contribution >= 0.6 is 0 Å². The van der Waals surface area contributed by atoms with Crippen LogP contribution in [-0.2, 0) is 9.53 Å². The third-order valence-electron chi connectivity index (χ3n) is 4.00. The number of esters is 1. The molecule has 1 fully saturated rings. The number of hydrogen-bond acceptors (Lipinski definition) is 4. The second-order valence-electron chi connectivity index (χ2n) is 6.21. The van der Waals surface area contributed by atoms with Gasteiger partial charge in [-0.1, -0.05) is 38.0 Å². The Morgan fingerprint density at radius 1 is 1.32 bits per heavy atom. The molecule has 1 saturated carbocycles. The van der Waals surface area contributed by atoms with Crippen LogP contribution in [-0.4, -0.2) is 23.5 Å². The Bertz CT molecular complexity index is 490. The van der Waals surface area contributed by atoms with Crippen LogP contribution in [0.25, 0.3) is 0 Å². The molecule has 4 nitrogen and oxygen atoms in total. The summed E-state index contributed by atoms with van der Waals surface area (Å²) in [4.78, 5) is 11.4. The van der Waals surface area contributed by atoms with Gasteiger partial charge in [-0.3, -0.25) is 4.79 Å². The van der Waals surface area contributed by atoms with Crippen LogP contribution in [0.1, 0.15) is 63.9 Å². The van der Waals surface area contributed by atoms with Gasteiger partial charge in [-0.2, -0.15) is 0 Å². The number of benzene rings is 1. The molecule has 0 bridgehead atoms. The number of aliphatic hydroxyl groups is 1. The summed E-state index contributed by atoms with van der Waals surface area (Å²) in [5.41, 5.74) is 1.14. The summed E-state index contributed by atoms with van der Waals surface area (Å²) < 4.78 is 10.8. The van der Waals surface area contributed by atoms with E-state index in [2.05, 4.69) is 6.07 Å². The molecule has 1 N–H and O–H groups in total. The van der Waals surface area contributed by atoms with Crippen LogP contribution in [0.4, 0.5) is 0 Å². The van der Waals surface area contributed by atoms with Crippen LogP contribution in [0.15, 0.2) is 24.3 Å². The first kappa shape index (κ1) is 16.8. The summed E-state index contributed by atoms with van der Waals surface area (Å²) in [6.07, 6.45) is 5.89. The normalized spacial score (nSPS) is 18.0. The summed E-state index contributed by atoms with van der Waals surface area (Å²) in [6.45, 7) is 3.27.